The Morgan fingerprint density at radius 2 is 2.05 bits per heavy atom. The number of nitrogens with one attached hydrogen (secondary N) is 4. The molecule has 1 aliphatic heterocycles. The van der Waals surface area contributed by atoms with Gasteiger partial charge < -0.3 is 20.7 Å². The van der Waals surface area contributed by atoms with E-state index in [1.54, 1.807) is 7.05 Å². The number of allylic oxidation sites excluding steroid dienone is 1. The van der Waals surface area contributed by atoms with Gasteiger partial charge in [0.2, 0.25) is 5.90 Å². The first kappa shape index (κ1) is 16.5. The summed E-state index contributed by atoms with van der Waals surface area (Å²) < 4.78 is 5.74. The zero-order chi connectivity index (χ0) is 16.3. The molecule has 1 aliphatic carbocycles. The van der Waals surface area contributed by atoms with Gasteiger partial charge in [0.15, 0.2) is 5.76 Å². The molecule has 0 aromatic heterocycles. The van der Waals surface area contributed by atoms with E-state index in [4.69, 9.17) is 10.1 Å². The average Bonchev–Trinajstić information content (AvgIpc) is 2.81. The second kappa shape index (κ2) is 6.96. The number of aliphatic imine (C=N–C) groups is 1. The molecule has 1 heterocycles. The fourth-order valence-corrected chi connectivity index (χ4v) is 2.61. The molecule has 6 heteroatoms. The molecule has 1 atom stereocenters. The average molecular weight is 305 g/mol. The van der Waals surface area contributed by atoms with Gasteiger partial charge in [-0.05, 0) is 45.7 Å². The fourth-order valence-electron chi connectivity index (χ4n) is 2.61. The summed E-state index contributed by atoms with van der Waals surface area (Å²) in [6.07, 6.45) is 3.61. The Balaban J connectivity index is 2.40. The molecule has 1 unspecified atom stereocenters. The highest BCUT2D eigenvalue weighted by molar-refractivity contribution is 6.32. The second-order valence-electron chi connectivity index (χ2n) is 5.80. The van der Waals surface area contributed by atoms with Crippen molar-refractivity contribution in [2.24, 2.45) is 4.99 Å². The van der Waals surface area contributed by atoms with Crippen molar-refractivity contribution in [2.75, 3.05) is 21.1 Å². The predicted molar refractivity (Wildman–Crippen MR) is 90.3 cm³/mol. The number of rotatable bonds is 5. The fraction of sp³-hybridized carbons (Fsp3) is 0.625. The van der Waals surface area contributed by atoms with Crippen LogP contribution in [0, 0.1) is 5.41 Å². The molecule has 22 heavy (non-hydrogen) atoms. The van der Waals surface area contributed by atoms with Crippen molar-refractivity contribution in [1.82, 2.24) is 16.0 Å². The van der Waals surface area contributed by atoms with Gasteiger partial charge in [-0.1, -0.05) is 0 Å². The number of ether oxygens (including phenoxy) is 1. The first-order chi connectivity index (χ1) is 10.5. The summed E-state index contributed by atoms with van der Waals surface area (Å²) >= 11 is 0. The van der Waals surface area contributed by atoms with Crippen LogP contribution in [0.2, 0.25) is 0 Å². The summed E-state index contributed by atoms with van der Waals surface area (Å²) in [6.45, 7) is 4.08. The zero-order valence-electron chi connectivity index (χ0n) is 14.1. The highest BCUT2D eigenvalue weighted by Gasteiger charge is 2.34. The lowest BCUT2D eigenvalue weighted by molar-refractivity contribution is 0.346. The van der Waals surface area contributed by atoms with Crippen LogP contribution in [-0.2, 0) is 4.74 Å². The monoisotopic (exact) mass is 305 g/mol. The van der Waals surface area contributed by atoms with E-state index in [0.29, 0.717) is 11.8 Å². The van der Waals surface area contributed by atoms with Crippen LogP contribution >= 0.6 is 0 Å². The van der Waals surface area contributed by atoms with Crippen molar-refractivity contribution in [1.29, 1.82) is 5.41 Å². The van der Waals surface area contributed by atoms with E-state index < -0.39 is 0 Å². The van der Waals surface area contributed by atoms with Crippen molar-refractivity contribution in [3.8, 4) is 0 Å². The summed E-state index contributed by atoms with van der Waals surface area (Å²) in [5, 5.41) is 18.0. The van der Waals surface area contributed by atoms with Crippen molar-refractivity contribution in [3.05, 3.63) is 22.7 Å². The van der Waals surface area contributed by atoms with E-state index in [-0.39, 0.29) is 11.9 Å². The molecule has 2 fully saturated rings. The smallest absolute Gasteiger partial charge is 0.221 e. The maximum atomic E-state index is 8.20. The number of likely N-dealkylation sites (N-methyl/N-ethyl adjacent to an activating group) is 1. The number of hydrogen-bond acceptors (Lipinski definition) is 6. The molecule has 0 spiro atoms. The molecule has 1 saturated carbocycles. The summed E-state index contributed by atoms with van der Waals surface area (Å²) in [6, 6.07) is 0.642. The lowest BCUT2D eigenvalue weighted by atomic mass is 9.93. The Morgan fingerprint density at radius 3 is 2.50 bits per heavy atom. The van der Waals surface area contributed by atoms with Crippen LogP contribution in [0.15, 0.2) is 27.7 Å². The SMILES string of the molecule is C/N=C1C(=C(/NC)NC2CCC2)\OC(=N)C\1=C(\C)C(C)NC. The van der Waals surface area contributed by atoms with Gasteiger partial charge in [0, 0.05) is 26.2 Å². The predicted octanol–water partition coefficient (Wildman–Crippen LogP) is 1.52. The number of nitrogens with zero attached hydrogens (tertiary/aromatic N) is 1. The molecule has 6 nitrogen and oxygen atoms in total. The summed E-state index contributed by atoms with van der Waals surface area (Å²) in [5.41, 5.74) is 2.57. The maximum absolute atomic E-state index is 8.20. The van der Waals surface area contributed by atoms with Crippen LogP contribution in [0.25, 0.3) is 0 Å². The summed E-state index contributed by atoms with van der Waals surface area (Å²) in [5.74, 6) is 1.60. The zero-order valence-corrected chi connectivity index (χ0v) is 14.1. The molecule has 0 amide bonds. The van der Waals surface area contributed by atoms with E-state index >= 15 is 0 Å². The molecule has 0 aromatic rings. The minimum absolute atomic E-state index is 0.160. The van der Waals surface area contributed by atoms with E-state index in [2.05, 4.69) is 27.9 Å². The van der Waals surface area contributed by atoms with Crippen LogP contribution in [-0.4, -0.2) is 44.8 Å². The minimum Gasteiger partial charge on any atom is -0.433 e. The first-order valence-electron chi connectivity index (χ1n) is 7.84. The van der Waals surface area contributed by atoms with Crippen molar-refractivity contribution >= 4 is 11.6 Å². The summed E-state index contributed by atoms with van der Waals surface area (Å²) in [4.78, 5) is 4.39. The van der Waals surface area contributed by atoms with Gasteiger partial charge >= 0.3 is 0 Å². The topological polar surface area (TPSA) is 81.5 Å². The van der Waals surface area contributed by atoms with E-state index in [1.807, 2.05) is 21.0 Å². The van der Waals surface area contributed by atoms with Crippen LogP contribution < -0.4 is 16.0 Å². The highest BCUT2D eigenvalue weighted by Crippen LogP contribution is 2.28. The van der Waals surface area contributed by atoms with Gasteiger partial charge in [0.05, 0.1) is 5.57 Å². The molecule has 0 aromatic carbocycles. The van der Waals surface area contributed by atoms with Crippen molar-refractivity contribution < 1.29 is 4.74 Å². The Bertz CT molecular complexity index is 543. The number of hydrogen-bond donors (Lipinski definition) is 4. The van der Waals surface area contributed by atoms with Crippen LogP contribution in [0.4, 0.5) is 0 Å². The van der Waals surface area contributed by atoms with Crippen molar-refractivity contribution in [2.45, 2.75) is 45.2 Å². The van der Waals surface area contributed by atoms with Crippen LogP contribution in [0.1, 0.15) is 33.1 Å². The molecular weight excluding hydrogens is 278 g/mol. The third kappa shape index (κ3) is 3.02. The normalized spacial score (nSPS) is 26.4. The van der Waals surface area contributed by atoms with Crippen LogP contribution in [0.3, 0.4) is 0 Å². The third-order valence-corrected chi connectivity index (χ3v) is 4.51. The first-order valence-corrected chi connectivity index (χ1v) is 7.84. The minimum atomic E-state index is 0.160. The Hall–Kier alpha value is -1.82. The molecular formula is C16H27N5O. The molecule has 0 bridgehead atoms. The lowest BCUT2D eigenvalue weighted by Gasteiger charge is -2.29. The van der Waals surface area contributed by atoms with Gasteiger partial charge in [-0.3, -0.25) is 10.4 Å². The lowest BCUT2D eigenvalue weighted by Crippen LogP contribution is -2.39. The second-order valence-corrected chi connectivity index (χ2v) is 5.80. The molecule has 122 valence electrons. The largest absolute Gasteiger partial charge is 0.433 e. The van der Waals surface area contributed by atoms with Crippen LogP contribution in [0.5, 0.6) is 0 Å². The maximum Gasteiger partial charge on any atom is 0.221 e. The van der Waals surface area contributed by atoms with Gasteiger partial charge in [-0.25, -0.2) is 0 Å². The molecule has 4 N–H and O–H groups in total. The summed E-state index contributed by atoms with van der Waals surface area (Å²) in [7, 11) is 5.51. The standard InChI is InChI=1S/C16H27N5O/c1-9(10(2)18-3)12-13(19-4)14(22-15(12)17)16(20-5)21-11-7-6-8-11/h10-11,17-18,20-21H,6-8H2,1-5H3/b12-9-,16-14-,17-15?,19-13-. The van der Waals surface area contributed by atoms with E-state index in [0.717, 1.165) is 22.7 Å². The Kier molecular flexibility index (Phi) is 5.24. The van der Waals surface area contributed by atoms with Gasteiger partial charge in [0.1, 0.15) is 11.5 Å². The van der Waals surface area contributed by atoms with Gasteiger partial charge in [0.25, 0.3) is 0 Å². The van der Waals surface area contributed by atoms with Gasteiger partial charge in [-0.15, -0.1) is 0 Å². The van der Waals surface area contributed by atoms with E-state index in [9.17, 15) is 0 Å². The Labute approximate surface area is 132 Å². The molecule has 2 rings (SSSR count). The molecule has 0 radical (unpaired) electrons. The Morgan fingerprint density at radius 1 is 1.36 bits per heavy atom. The third-order valence-electron chi connectivity index (χ3n) is 4.51. The quantitative estimate of drug-likeness (QED) is 0.621. The molecule has 1 saturated heterocycles. The highest BCUT2D eigenvalue weighted by atomic mass is 16.5. The van der Waals surface area contributed by atoms with E-state index in [1.165, 1.54) is 19.3 Å². The van der Waals surface area contributed by atoms with Crippen molar-refractivity contribution in [3.63, 3.8) is 0 Å². The van der Waals surface area contributed by atoms with Gasteiger partial charge in [-0.2, -0.15) is 0 Å². The molecule has 2 aliphatic rings.